The third-order valence-corrected chi connectivity index (χ3v) is 6.28. The van der Waals surface area contributed by atoms with Crippen molar-refractivity contribution in [2.75, 3.05) is 12.9 Å². The molecule has 7 heteroatoms. The molecule has 0 radical (unpaired) electrons. The lowest BCUT2D eigenvalue weighted by atomic mass is 10.0. The van der Waals surface area contributed by atoms with Gasteiger partial charge in [-0.05, 0) is 54.7 Å². The van der Waals surface area contributed by atoms with Gasteiger partial charge in [0, 0.05) is 12.1 Å². The Morgan fingerprint density at radius 1 is 1.32 bits per heavy atom. The van der Waals surface area contributed by atoms with Crippen LogP contribution in [-0.4, -0.2) is 28.3 Å². The first-order chi connectivity index (χ1) is 13.5. The number of benzene rings is 2. The number of imidazole rings is 1. The van der Waals surface area contributed by atoms with Crippen LogP contribution in [0.3, 0.4) is 0 Å². The van der Waals surface area contributed by atoms with Gasteiger partial charge in [-0.25, -0.2) is 4.98 Å². The highest BCUT2D eigenvalue weighted by molar-refractivity contribution is 7.99. The minimum absolute atomic E-state index is 0.0165. The highest BCUT2D eigenvalue weighted by Gasteiger charge is 2.33. The fourth-order valence-electron chi connectivity index (χ4n) is 3.34. The van der Waals surface area contributed by atoms with Gasteiger partial charge >= 0.3 is 0 Å². The van der Waals surface area contributed by atoms with Gasteiger partial charge in [0.1, 0.15) is 5.75 Å². The Labute approximate surface area is 173 Å². The zero-order valence-electron chi connectivity index (χ0n) is 15.8. The van der Waals surface area contributed by atoms with Gasteiger partial charge < -0.3 is 14.6 Å². The number of rotatable bonds is 7. The lowest BCUT2D eigenvalue weighted by molar-refractivity contribution is -0.119. The average Bonchev–Trinajstić information content (AvgIpc) is 3.49. The number of nitrogens with zero attached hydrogens (tertiary/aromatic N) is 2. The van der Waals surface area contributed by atoms with Crippen molar-refractivity contribution < 1.29 is 9.53 Å². The minimum Gasteiger partial charge on any atom is -0.497 e. The molecule has 5 nitrogen and oxygen atoms in total. The van der Waals surface area contributed by atoms with Gasteiger partial charge in [0.2, 0.25) is 5.91 Å². The third kappa shape index (κ3) is 4.13. The van der Waals surface area contributed by atoms with Crippen LogP contribution >= 0.6 is 23.4 Å². The molecule has 1 unspecified atom stereocenters. The smallest absolute Gasteiger partial charge is 0.230 e. The van der Waals surface area contributed by atoms with Crippen LogP contribution in [0.25, 0.3) is 11.0 Å². The Hall–Kier alpha value is -2.18. The molecule has 3 aromatic rings. The van der Waals surface area contributed by atoms with Gasteiger partial charge in [0.15, 0.2) is 5.16 Å². The SMILES string of the molecule is COc1ccc(C(NC(=O)CSc2nc3cc(Cl)ccc3n2C)C2CC2)cc1. The molecule has 28 heavy (non-hydrogen) atoms. The van der Waals surface area contributed by atoms with E-state index in [1.807, 2.05) is 54.1 Å². The van der Waals surface area contributed by atoms with Gasteiger partial charge in [-0.15, -0.1) is 0 Å². The van der Waals surface area contributed by atoms with E-state index in [0.29, 0.717) is 16.7 Å². The van der Waals surface area contributed by atoms with Crippen molar-refractivity contribution >= 4 is 40.3 Å². The summed E-state index contributed by atoms with van der Waals surface area (Å²) in [6, 6.07) is 13.6. The summed E-state index contributed by atoms with van der Waals surface area (Å²) in [5, 5.41) is 4.67. The van der Waals surface area contributed by atoms with Crippen LogP contribution in [0.5, 0.6) is 5.75 Å². The number of amides is 1. The Balaban J connectivity index is 1.42. The highest BCUT2D eigenvalue weighted by Crippen LogP contribution is 2.41. The average molecular weight is 416 g/mol. The Morgan fingerprint density at radius 3 is 2.75 bits per heavy atom. The van der Waals surface area contributed by atoms with E-state index in [1.54, 1.807) is 7.11 Å². The van der Waals surface area contributed by atoms with E-state index in [-0.39, 0.29) is 11.9 Å². The van der Waals surface area contributed by atoms with E-state index < -0.39 is 0 Å². The molecule has 1 saturated carbocycles. The van der Waals surface area contributed by atoms with Crippen molar-refractivity contribution in [3.05, 3.63) is 53.1 Å². The van der Waals surface area contributed by atoms with Crippen LogP contribution in [0, 0.1) is 5.92 Å². The van der Waals surface area contributed by atoms with Gasteiger partial charge in [-0.1, -0.05) is 35.5 Å². The first-order valence-electron chi connectivity index (χ1n) is 9.23. The summed E-state index contributed by atoms with van der Waals surface area (Å²) in [5.74, 6) is 1.68. The number of aryl methyl sites for hydroxylation is 1. The first-order valence-corrected chi connectivity index (χ1v) is 10.6. The number of ether oxygens (including phenoxy) is 1. The van der Waals surface area contributed by atoms with Gasteiger partial charge in [0.05, 0.1) is 29.9 Å². The summed E-state index contributed by atoms with van der Waals surface area (Å²) < 4.78 is 7.22. The number of carbonyl (C=O) groups is 1. The summed E-state index contributed by atoms with van der Waals surface area (Å²) in [6.07, 6.45) is 2.30. The van der Waals surface area contributed by atoms with Crippen LogP contribution in [-0.2, 0) is 11.8 Å². The molecule has 0 aliphatic heterocycles. The van der Waals surface area contributed by atoms with Crippen LogP contribution in [0.15, 0.2) is 47.6 Å². The van der Waals surface area contributed by atoms with Gasteiger partial charge in [0.25, 0.3) is 0 Å². The predicted octanol–water partition coefficient (Wildman–Crippen LogP) is 4.59. The van der Waals surface area contributed by atoms with E-state index in [1.165, 1.54) is 11.8 Å². The maximum absolute atomic E-state index is 12.6. The minimum atomic E-state index is 0.0165. The lowest BCUT2D eigenvalue weighted by Crippen LogP contribution is -2.31. The Bertz CT molecular complexity index is 999. The zero-order chi connectivity index (χ0) is 19.7. The van der Waals surface area contributed by atoms with Crippen molar-refractivity contribution in [3.63, 3.8) is 0 Å². The molecule has 2 aromatic carbocycles. The summed E-state index contributed by atoms with van der Waals surface area (Å²) in [7, 11) is 3.61. The molecule has 1 aliphatic rings. The van der Waals surface area contributed by atoms with Crippen molar-refractivity contribution in [1.82, 2.24) is 14.9 Å². The van der Waals surface area contributed by atoms with E-state index >= 15 is 0 Å². The molecular formula is C21H22ClN3O2S. The summed E-state index contributed by atoms with van der Waals surface area (Å²) in [4.78, 5) is 17.2. The third-order valence-electron chi connectivity index (χ3n) is 5.02. The van der Waals surface area contributed by atoms with E-state index in [0.717, 1.165) is 40.3 Å². The van der Waals surface area contributed by atoms with Crippen LogP contribution in [0.4, 0.5) is 0 Å². The highest BCUT2D eigenvalue weighted by atomic mass is 35.5. The molecule has 146 valence electrons. The predicted molar refractivity (Wildman–Crippen MR) is 113 cm³/mol. The van der Waals surface area contributed by atoms with Crippen molar-refractivity contribution in [3.8, 4) is 5.75 Å². The van der Waals surface area contributed by atoms with Gasteiger partial charge in [-0.2, -0.15) is 0 Å². The second kappa shape index (κ2) is 8.05. The molecule has 0 bridgehead atoms. The quantitative estimate of drug-likeness (QED) is 0.573. The molecule has 1 fully saturated rings. The van der Waals surface area contributed by atoms with Crippen molar-refractivity contribution in [1.29, 1.82) is 0 Å². The standard InChI is InChI=1S/C21H22ClN3O2S/c1-25-18-10-7-15(22)11-17(18)23-21(25)28-12-19(26)24-20(13-3-4-13)14-5-8-16(27-2)9-6-14/h5-11,13,20H,3-4,12H2,1-2H3,(H,24,26). The monoisotopic (exact) mass is 415 g/mol. The van der Waals surface area contributed by atoms with E-state index in [4.69, 9.17) is 16.3 Å². The molecule has 1 heterocycles. The Kier molecular flexibility index (Phi) is 5.51. The van der Waals surface area contributed by atoms with Crippen molar-refractivity contribution in [2.24, 2.45) is 13.0 Å². The molecule has 4 rings (SSSR count). The number of thioether (sulfide) groups is 1. The largest absolute Gasteiger partial charge is 0.497 e. The molecule has 1 atom stereocenters. The zero-order valence-corrected chi connectivity index (χ0v) is 17.4. The second-order valence-electron chi connectivity index (χ2n) is 7.03. The maximum atomic E-state index is 12.6. The number of methoxy groups -OCH3 is 1. The normalized spacial score (nSPS) is 14.8. The van der Waals surface area contributed by atoms with Crippen molar-refractivity contribution in [2.45, 2.75) is 24.0 Å². The number of fused-ring (bicyclic) bond motifs is 1. The molecule has 1 N–H and O–H groups in total. The summed E-state index contributed by atoms with van der Waals surface area (Å²) in [6.45, 7) is 0. The summed E-state index contributed by atoms with van der Waals surface area (Å²) >= 11 is 7.49. The molecular weight excluding hydrogens is 394 g/mol. The lowest BCUT2D eigenvalue weighted by Gasteiger charge is -2.19. The fourth-order valence-corrected chi connectivity index (χ4v) is 4.30. The van der Waals surface area contributed by atoms with E-state index in [9.17, 15) is 4.79 Å². The number of aromatic nitrogens is 2. The summed E-state index contributed by atoms with van der Waals surface area (Å²) in [5.41, 5.74) is 2.97. The number of carbonyl (C=O) groups excluding carboxylic acids is 1. The Morgan fingerprint density at radius 2 is 2.07 bits per heavy atom. The topological polar surface area (TPSA) is 56.1 Å². The second-order valence-corrected chi connectivity index (χ2v) is 8.41. The maximum Gasteiger partial charge on any atom is 0.230 e. The molecule has 1 amide bonds. The molecule has 0 saturated heterocycles. The molecule has 0 spiro atoms. The number of hydrogen-bond donors (Lipinski definition) is 1. The molecule has 1 aromatic heterocycles. The van der Waals surface area contributed by atoms with Gasteiger partial charge in [-0.3, -0.25) is 4.79 Å². The fraction of sp³-hybridized carbons (Fsp3) is 0.333. The number of hydrogen-bond acceptors (Lipinski definition) is 4. The first kappa shape index (κ1) is 19.2. The van der Waals surface area contributed by atoms with Crippen LogP contribution in [0.2, 0.25) is 5.02 Å². The number of halogens is 1. The number of nitrogens with one attached hydrogen (secondary N) is 1. The van der Waals surface area contributed by atoms with Crippen LogP contribution < -0.4 is 10.1 Å². The van der Waals surface area contributed by atoms with Crippen LogP contribution in [0.1, 0.15) is 24.4 Å². The van der Waals surface area contributed by atoms with E-state index in [2.05, 4.69) is 10.3 Å². The molecule has 1 aliphatic carbocycles.